The fourth-order valence-electron chi connectivity index (χ4n) is 3.23. The predicted octanol–water partition coefficient (Wildman–Crippen LogP) is 6.72. The first-order valence-electron chi connectivity index (χ1n) is 9.69. The summed E-state index contributed by atoms with van der Waals surface area (Å²) < 4.78 is 0. The van der Waals surface area contributed by atoms with E-state index in [2.05, 4.69) is 5.32 Å². The van der Waals surface area contributed by atoms with Crippen molar-refractivity contribution in [3.63, 3.8) is 0 Å². The number of carboxylic acid groups (broad SMARTS) is 1. The van der Waals surface area contributed by atoms with Crippen molar-refractivity contribution in [2.45, 2.75) is 13.0 Å². The van der Waals surface area contributed by atoms with E-state index in [1.807, 2.05) is 6.07 Å². The molecule has 162 valence electrons. The van der Waals surface area contributed by atoms with Gasteiger partial charge in [0.05, 0.1) is 11.3 Å². The maximum absolute atomic E-state index is 11.0. The Morgan fingerprint density at radius 3 is 2.34 bits per heavy atom. The number of phenols is 1. The van der Waals surface area contributed by atoms with E-state index in [0.717, 1.165) is 27.3 Å². The van der Waals surface area contributed by atoms with Crippen molar-refractivity contribution in [1.82, 2.24) is 4.98 Å². The zero-order valence-electron chi connectivity index (χ0n) is 16.7. The maximum Gasteiger partial charge on any atom is 0.335 e. The molecule has 0 aliphatic heterocycles. The molecule has 0 unspecified atom stereocenters. The van der Waals surface area contributed by atoms with Gasteiger partial charge in [0.15, 0.2) is 5.13 Å². The Labute approximate surface area is 198 Å². The largest absolute Gasteiger partial charge is 0.508 e. The highest BCUT2D eigenvalue weighted by atomic mass is 35.5. The molecule has 4 aromatic rings. The molecule has 32 heavy (non-hydrogen) atoms. The number of carbonyl (C=O) groups is 1. The van der Waals surface area contributed by atoms with Crippen LogP contribution in [0.3, 0.4) is 0 Å². The number of carboxylic acids is 1. The molecule has 8 heteroatoms. The highest BCUT2D eigenvalue weighted by Crippen LogP contribution is 2.37. The number of hydrogen-bond acceptors (Lipinski definition) is 5. The first-order chi connectivity index (χ1) is 15.4. The number of nitrogens with zero attached hydrogens (tertiary/aromatic N) is 1. The average Bonchev–Trinajstić information content (AvgIpc) is 3.18. The van der Waals surface area contributed by atoms with Gasteiger partial charge in [-0.1, -0.05) is 53.5 Å². The van der Waals surface area contributed by atoms with Gasteiger partial charge in [0.1, 0.15) is 5.75 Å². The monoisotopic (exact) mass is 484 g/mol. The van der Waals surface area contributed by atoms with Crippen LogP contribution in [0.2, 0.25) is 10.0 Å². The van der Waals surface area contributed by atoms with E-state index < -0.39 is 5.97 Å². The third-order valence-electron chi connectivity index (χ3n) is 4.86. The number of aromatic nitrogens is 1. The van der Waals surface area contributed by atoms with E-state index in [4.69, 9.17) is 33.3 Å². The normalized spacial score (nSPS) is 10.8. The molecule has 0 radical (unpaired) electrons. The molecule has 5 nitrogen and oxygen atoms in total. The third kappa shape index (κ3) is 5.05. The molecular weight excluding hydrogens is 467 g/mol. The Morgan fingerprint density at radius 1 is 1.00 bits per heavy atom. The molecule has 0 aliphatic rings. The average molecular weight is 485 g/mol. The number of rotatable bonds is 7. The molecule has 0 atom stereocenters. The number of benzene rings is 3. The van der Waals surface area contributed by atoms with Gasteiger partial charge in [-0.2, -0.15) is 0 Å². The summed E-state index contributed by atoms with van der Waals surface area (Å²) in [6.07, 6.45) is 0.496. The van der Waals surface area contributed by atoms with Crippen LogP contribution in [0.4, 0.5) is 5.13 Å². The number of thiazole rings is 1. The lowest BCUT2D eigenvalue weighted by Crippen LogP contribution is -2.00. The molecule has 0 spiro atoms. The number of halogens is 2. The SMILES string of the molecule is O=C(O)c1ccc(CNc2nc(-c3cccc(O)c3)c(Cc3c(Cl)cccc3Cl)s2)cc1. The van der Waals surface area contributed by atoms with Crippen LogP contribution in [0, 0.1) is 0 Å². The molecular formula is C24H18Cl2N2O3S. The van der Waals surface area contributed by atoms with Gasteiger partial charge in [-0.05, 0) is 47.5 Å². The van der Waals surface area contributed by atoms with Crippen LogP contribution in [0.5, 0.6) is 5.75 Å². The van der Waals surface area contributed by atoms with Gasteiger partial charge < -0.3 is 15.5 Å². The summed E-state index contributed by atoms with van der Waals surface area (Å²) in [5.74, 6) is -0.798. The van der Waals surface area contributed by atoms with Gasteiger partial charge in [0.25, 0.3) is 0 Å². The molecule has 0 aliphatic carbocycles. The van der Waals surface area contributed by atoms with Gasteiger partial charge in [-0.3, -0.25) is 0 Å². The number of phenolic OH excluding ortho intramolecular Hbond substituents is 1. The topological polar surface area (TPSA) is 82.5 Å². The fourth-order valence-corrected chi connectivity index (χ4v) is 4.75. The van der Waals surface area contributed by atoms with E-state index in [1.165, 1.54) is 11.3 Å². The molecule has 0 saturated carbocycles. The minimum Gasteiger partial charge on any atom is -0.508 e. The summed E-state index contributed by atoms with van der Waals surface area (Å²) in [4.78, 5) is 16.7. The molecule has 0 bridgehead atoms. The second-order valence-corrected chi connectivity index (χ2v) is 8.97. The summed E-state index contributed by atoms with van der Waals surface area (Å²) >= 11 is 14.3. The van der Waals surface area contributed by atoms with Crippen LogP contribution in [0.1, 0.15) is 26.4 Å². The van der Waals surface area contributed by atoms with Gasteiger partial charge in [0.2, 0.25) is 0 Å². The number of aromatic carboxylic acids is 1. The van der Waals surface area contributed by atoms with E-state index in [0.29, 0.717) is 28.1 Å². The Balaban J connectivity index is 1.63. The zero-order chi connectivity index (χ0) is 22.7. The summed E-state index contributed by atoms with van der Waals surface area (Å²) in [5, 5.41) is 24.2. The number of aromatic hydroxyl groups is 1. The van der Waals surface area contributed by atoms with Crippen molar-refractivity contribution in [2.24, 2.45) is 0 Å². The Kier molecular flexibility index (Phi) is 6.65. The molecule has 4 rings (SSSR count). The van der Waals surface area contributed by atoms with Gasteiger partial charge in [-0.25, -0.2) is 9.78 Å². The molecule has 0 amide bonds. The number of hydrogen-bond donors (Lipinski definition) is 3. The summed E-state index contributed by atoms with van der Waals surface area (Å²) in [6.45, 7) is 0.485. The van der Waals surface area contributed by atoms with E-state index >= 15 is 0 Å². The lowest BCUT2D eigenvalue weighted by molar-refractivity contribution is 0.0697. The van der Waals surface area contributed by atoms with Gasteiger partial charge in [0, 0.05) is 33.5 Å². The molecule has 1 heterocycles. The van der Waals surface area contributed by atoms with Crippen LogP contribution in [0.15, 0.2) is 66.7 Å². The Bertz CT molecular complexity index is 1250. The second-order valence-electron chi connectivity index (χ2n) is 7.07. The smallest absolute Gasteiger partial charge is 0.335 e. The number of anilines is 1. The maximum atomic E-state index is 11.0. The quantitative estimate of drug-likeness (QED) is 0.271. The third-order valence-corrected chi connectivity index (χ3v) is 6.58. The van der Waals surface area contributed by atoms with Crippen molar-refractivity contribution in [2.75, 3.05) is 5.32 Å². The van der Waals surface area contributed by atoms with Crippen molar-refractivity contribution in [3.8, 4) is 17.0 Å². The first kappa shape index (κ1) is 22.1. The van der Waals surface area contributed by atoms with Crippen molar-refractivity contribution < 1.29 is 15.0 Å². The van der Waals surface area contributed by atoms with Crippen LogP contribution >= 0.6 is 34.5 Å². The van der Waals surface area contributed by atoms with E-state index in [-0.39, 0.29) is 11.3 Å². The minimum absolute atomic E-state index is 0.158. The minimum atomic E-state index is -0.955. The van der Waals surface area contributed by atoms with Crippen LogP contribution in [-0.4, -0.2) is 21.2 Å². The van der Waals surface area contributed by atoms with Crippen LogP contribution in [0.25, 0.3) is 11.3 Å². The highest BCUT2D eigenvalue weighted by Gasteiger charge is 2.17. The van der Waals surface area contributed by atoms with Crippen LogP contribution < -0.4 is 5.32 Å². The van der Waals surface area contributed by atoms with Gasteiger partial charge in [-0.15, -0.1) is 11.3 Å². The summed E-state index contributed by atoms with van der Waals surface area (Å²) in [6, 6.07) is 19.0. The lowest BCUT2D eigenvalue weighted by Gasteiger charge is -2.07. The standard InChI is InChI=1S/C24H18Cl2N2O3S/c25-19-5-2-6-20(26)18(19)12-21-22(16-3-1-4-17(29)11-16)28-24(32-21)27-13-14-7-9-15(10-8-14)23(30)31/h1-11,29H,12-13H2,(H,27,28)(H,30,31). The second kappa shape index (κ2) is 9.61. The van der Waals surface area contributed by atoms with E-state index in [1.54, 1.807) is 60.7 Å². The predicted molar refractivity (Wildman–Crippen MR) is 129 cm³/mol. The molecule has 0 fully saturated rings. The van der Waals surface area contributed by atoms with Gasteiger partial charge >= 0.3 is 5.97 Å². The lowest BCUT2D eigenvalue weighted by atomic mass is 10.1. The molecule has 0 saturated heterocycles. The van der Waals surface area contributed by atoms with Crippen LogP contribution in [-0.2, 0) is 13.0 Å². The highest BCUT2D eigenvalue weighted by molar-refractivity contribution is 7.16. The molecule has 3 aromatic carbocycles. The van der Waals surface area contributed by atoms with Crippen molar-refractivity contribution in [3.05, 3.63) is 98.3 Å². The zero-order valence-corrected chi connectivity index (χ0v) is 19.0. The molecule has 3 N–H and O–H groups in total. The summed E-state index contributed by atoms with van der Waals surface area (Å²) in [7, 11) is 0. The number of nitrogens with one attached hydrogen (secondary N) is 1. The van der Waals surface area contributed by atoms with Crippen molar-refractivity contribution >= 4 is 45.6 Å². The first-order valence-corrected chi connectivity index (χ1v) is 11.3. The van der Waals surface area contributed by atoms with E-state index in [9.17, 15) is 9.90 Å². The Hall–Kier alpha value is -3.06. The summed E-state index contributed by atoms with van der Waals surface area (Å²) in [5.41, 5.74) is 3.52. The molecule has 1 aromatic heterocycles. The fraction of sp³-hybridized carbons (Fsp3) is 0.0833. The Morgan fingerprint density at radius 2 is 1.69 bits per heavy atom. The van der Waals surface area contributed by atoms with Crippen molar-refractivity contribution in [1.29, 1.82) is 0 Å².